The van der Waals surface area contributed by atoms with E-state index in [2.05, 4.69) is 46.6 Å². The Labute approximate surface area is 156 Å². The molecule has 0 saturated heterocycles. The van der Waals surface area contributed by atoms with Crippen LogP contribution >= 0.6 is 12.0 Å². The zero-order valence-corrected chi connectivity index (χ0v) is 15.1. The minimum atomic E-state index is 0.441. The van der Waals surface area contributed by atoms with Gasteiger partial charge in [-0.25, -0.2) is 4.68 Å². The Morgan fingerprint density at radius 2 is 1.88 bits per heavy atom. The highest BCUT2D eigenvalue weighted by atomic mass is 32.2. The van der Waals surface area contributed by atoms with Crippen LogP contribution in [0.15, 0.2) is 59.5 Å². The molecule has 2 N–H and O–H groups in total. The van der Waals surface area contributed by atoms with Crippen molar-refractivity contribution < 1.29 is 9.32 Å². The lowest BCUT2D eigenvalue weighted by Crippen LogP contribution is -2.00. The molecule has 0 atom stereocenters. The van der Waals surface area contributed by atoms with Gasteiger partial charge in [0.05, 0.1) is 35.2 Å². The summed E-state index contributed by atoms with van der Waals surface area (Å²) in [5, 5.41) is 13.5. The normalized spacial score (nSPS) is 10.7. The van der Waals surface area contributed by atoms with E-state index in [1.165, 1.54) is 5.56 Å². The lowest BCUT2D eigenvalue weighted by molar-refractivity contribution is -0.195. The number of rotatable bonds is 7. The molecule has 0 aliphatic rings. The van der Waals surface area contributed by atoms with Gasteiger partial charge in [0, 0.05) is 23.3 Å². The largest absolute Gasteiger partial charge is 0.233 e. The van der Waals surface area contributed by atoms with E-state index in [1.54, 1.807) is 0 Å². The molecule has 3 aromatic rings. The Bertz CT molecular complexity index is 899. The maximum atomic E-state index is 8.85. The van der Waals surface area contributed by atoms with Gasteiger partial charge in [-0.1, -0.05) is 29.8 Å². The van der Waals surface area contributed by atoms with Gasteiger partial charge in [0.15, 0.2) is 0 Å². The fourth-order valence-electron chi connectivity index (χ4n) is 2.56. The first-order valence-corrected chi connectivity index (χ1v) is 8.79. The molecule has 0 radical (unpaired) electrons. The third-order valence-corrected chi connectivity index (χ3v) is 4.46. The van der Waals surface area contributed by atoms with Gasteiger partial charge in [0.1, 0.15) is 0 Å². The van der Waals surface area contributed by atoms with Gasteiger partial charge >= 0.3 is 0 Å². The third kappa shape index (κ3) is 4.31. The Hall–Kier alpha value is -2.63. The lowest BCUT2D eigenvalue weighted by atomic mass is 10.1. The van der Waals surface area contributed by atoms with Gasteiger partial charge in [-0.2, -0.15) is 16.3 Å². The van der Waals surface area contributed by atoms with Crippen molar-refractivity contribution in [3.63, 3.8) is 0 Å². The molecule has 26 heavy (non-hydrogen) atoms. The van der Waals surface area contributed by atoms with Crippen LogP contribution in [0.25, 0.3) is 16.9 Å². The second kappa shape index (κ2) is 8.65. The zero-order chi connectivity index (χ0) is 18.4. The van der Waals surface area contributed by atoms with Crippen molar-refractivity contribution in [3.8, 4) is 23.0 Å². The molecule has 0 unspecified atom stereocenters. The molecule has 7 heteroatoms. The molecule has 0 amide bonds. The summed E-state index contributed by atoms with van der Waals surface area (Å²) in [6.07, 6.45) is 1.06. The van der Waals surface area contributed by atoms with E-state index in [4.69, 9.17) is 16.3 Å². The fourth-order valence-corrected chi connectivity index (χ4v) is 2.93. The quantitative estimate of drug-likeness (QED) is 0.384. The van der Waals surface area contributed by atoms with E-state index < -0.39 is 0 Å². The number of aromatic nitrogens is 2. The molecule has 0 aliphatic carbocycles. The monoisotopic (exact) mass is 366 g/mol. The Morgan fingerprint density at radius 1 is 1.15 bits per heavy atom. The first kappa shape index (κ1) is 18.2. The maximum absolute atomic E-state index is 8.85. The minimum absolute atomic E-state index is 0.441. The van der Waals surface area contributed by atoms with Crippen molar-refractivity contribution in [2.45, 2.75) is 24.7 Å². The Balaban J connectivity index is 1.97. The molecule has 0 spiro atoms. The van der Waals surface area contributed by atoms with Gasteiger partial charge in [-0.15, -0.1) is 9.32 Å². The molecule has 0 bridgehead atoms. The molecule has 3 rings (SSSR count). The summed E-state index contributed by atoms with van der Waals surface area (Å²) in [6, 6.07) is 20.2. The predicted octanol–water partition coefficient (Wildman–Crippen LogP) is 4.13. The van der Waals surface area contributed by atoms with Crippen molar-refractivity contribution in [2.24, 2.45) is 5.90 Å². The lowest BCUT2D eigenvalue weighted by Gasteiger charge is -2.08. The zero-order valence-electron chi connectivity index (χ0n) is 14.3. The number of nitrogens with zero attached hydrogens (tertiary/aromatic N) is 3. The van der Waals surface area contributed by atoms with Crippen LogP contribution in [0, 0.1) is 18.3 Å². The van der Waals surface area contributed by atoms with Crippen LogP contribution in [0.5, 0.6) is 0 Å². The van der Waals surface area contributed by atoms with Crippen LogP contribution in [0.4, 0.5) is 0 Å². The average Bonchev–Trinajstić information content (AvgIpc) is 3.10. The fraction of sp³-hybridized carbons (Fsp3) is 0.158. The summed E-state index contributed by atoms with van der Waals surface area (Å²) in [5.74, 6) is 4.85. The summed E-state index contributed by atoms with van der Waals surface area (Å²) in [4.78, 5) is 4.96. The van der Waals surface area contributed by atoms with Crippen molar-refractivity contribution in [3.05, 3.63) is 65.9 Å². The molecule has 0 fully saturated rings. The van der Waals surface area contributed by atoms with Crippen LogP contribution < -0.4 is 5.90 Å². The smallest absolute Gasteiger partial charge is 0.0743 e. The topological polar surface area (TPSA) is 86.1 Å². The number of nitrogens with two attached hydrogens (primary N) is 1. The van der Waals surface area contributed by atoms with E-state index in [0.717, 1.165) is 39.6 Å². The first-order chi connectivity index (χ1) is 12.7. The van der Waals surface area contributed by atoms with Crippen LogP contribution in [0.3, 0.4) is 0 Å². The van der Waals surface area contributed by atoms with Gasteiger partial charge in [-0.3, -0.25) is 0 Å². The van der Waals surface area contributed by atoms with E-state index in [9.17, 15) is 0 Å². The summed E-state index contributed by atoms with van der Waals surface area (Å²) < 4.78 is 6.55. The van der Waals surface area contributed by atoms with Gasteiger partial charge in [-0.05, 0) is 37.3 Å². The summed E-state index contributed by atoms with van der Waals surface area (Å²) >= 11 is 1.03. The molecule has 0 aliphatic heterocycles. The van der Waals surface area contributed by atoms with Crippen LogP contribution in [-0.4, -0.2) is 9.78 Å². The third-order valence-electron chi connectivity index (χ3n) is 3.85. The van der Waals surface area contributed by atoms with Crippen LogP contribution in [0.2, 0.25) is 0 Å². The summed E-state index contributed by atoms with van der Waals surface area (Å²) in [5.41, 5.74) is 5.07. The predicted molar refractivity (Wildman–Crippen MR) is 99.9 cm³/mol. The van der Waals surface area contributed by atoms with Crippen LogP contribution in [-0.2, 0) is 15.7 Å². The SMILES string of the molecule is Cc1ccc(-c2cc(CCC#N)nn2-c2ccc(SOON)cc2)cc1. The number of benzene rings is 2. The Kier molecular flexibility index (Phi) is 6.04. The minimum Gasteiger partial charge on any atom is -0.233 e. The standard InChI is InChI=1S/C19H18N4O2S/c1-14-4-6-15(7-5-14)19-13-16(3-2-12-20)22-23(19)17-8-10-18(11-9-17)26-25-24-21/h4-11,13H,2-3,21H2,1H3. The maximum Gasteiger partial charge on any atom is 0.0743 e. The molecular weight excluding hydrogens is 348 g/mol. The van der Waals surface area contributed by atoms with Crippen molar-refractivity contribution in [1.29, 1.82) is 5.26 Å². The highest BCUT2D eigenvalue weighted by Gasteiger charge is 2.12. The highest BCUT2D eigenvalue weighted by Crippen LogP contribution is 2.27. The average molecular weight is 366 g/mol. The molecule has 1 aromatic heterocycles. The summed E-state index contributed by atoms with van der Waals surface area (Å²) in [6.45, 7) is 2.06. The number of aryl methyl sites for hydroxylation is 2. The summed E-state index contributed by atoms with van der Waals surface area (Å²) in [7, 11) is 0. The number of hydrogen-bond donors (Lipinski definition) is 1. The number of nitriles is 1. The second-order valence-electron chi connectivity index (χ2n) is 5.70. The Morgan fingerprint density at radius 3 is 2.54 bits per heavy atom. The van der Waals surface area contributed by atoms with Crippen molar-refractivity contribution >= 4 is 12.0 Å². The molecular formula is C19H18N4O2S. The van der Waals surface area contributed by atoms with E-state index in [-0.39, 0.29) is 0 Å². The van der Waals surface area contributed by atoms with Gasteiger partial charge in [0.2, 0.25) is 0 Å². The molecule has 2 aromatic carbocycles. The van der Waals surface area contributed by atoms with Crippen molar-refractivity contribution in [1.82, 2.24) is 9.78 Å². The molecule has 6 nitrogen and oxygen atoms in total. The van der Waals surface area contributed by atoms with Gasteiger partial charge < -0.3 is 0 Å². The van der Waals surface area contributed by atoms with E-state index in [0.29, 0.717) is 12.8 Å². The number of hydrogen-bond acceptors (Lipinski definition) is 6. The molecule has 1 heterocycles. The molecule has 0 saturated carbocycles. The first-order valence-electron chi connectivity index (χ1n) is 8.04. The van der Waals surface area contributed by atoms with Crippen molar-refractivity contribution in [2.75, 3.05) is 0 Å². The van der Waals surface area contributed by atoms with E-state index >= 15 is 0 Å². The van der Waals surface area contributed by atoms with E-state index in [1.807, 2.05) is 35.0 Å². The molecule has 132 valence electrons. The van der Waals surface area contributed by atoms with Crippen LogP contribution in [0.1, 0.15) is 17.7 Å². The van der Waals surface area contributed by atoms with Gasteiger partial charge in [0.25, 0.3) is 0 Å². The second-order valence-corrected chi connectivity index (χ2v) is 6.47. The highest BCUT2D eigenvalue weighted by molar-refractivity contribution is 7.94.